The molecule has 0 unspecified atom stereocenters. The molecule has 0 aliphatic carbocycles. The Morgan fingerprint density at radius 3 is 2.53 bits per heavy atom. The van der Waals surface area contributed by atoms with Crippen LogP contribution in [0.4, 0.5) is 0 Å². The van der Waals surface area contributed by atoms with Gasteiger partial charge in [0.1, 0.15) is 0 Å². The molecule has 2 heteroatoms. The Bertz CT molecular complexity index is 319. The zero-order valence-electron chi connectivity index (χ0n) is 10.9. The predicted octanol–water partition coefficient (Wildman–Crippen LogP) is 3.17. The van der Waals surface area contributed by atoms with Crippen molar-refractivity contribution in [2.75, 3.05) is 6.54 Å². The van der Waals surface area contributed by atoms with E-state index in [9.17, 15) is 4.79 Å². The third kappa shape index (κ3) is 6.77. The maximum absolute atomic E-state index is 11.4. The van der Waals surface area contributed by atoms with Gasteiger partial charge in [-0.15, -0.1) is 0 Å². The first kappa shape index (κ1) is 13.8. The Labute approximate surface area is 104 Å². The maximum atomic E-state index is 11.4. The van der Waals surface area contributed by atoms with Crippen LogP contribution in [0.15, 0.2) is 30.3 Å². The van der Waals surface area contributed by atoms with Gasteiger partial charge in [0.25, 0.3) is 0 Å². The van der Waals surface area contributed by atoms with Crippen molar-refractivity contribution in [2.24, 2.45) is 5.92 Å². The van der Waals surface area contributed by atoms with E-state index in [-0.39, 0.29) is 5.91 Å². The van der Waals surface area contributed by atoms with Gasteiger partial charge in [-0.3, -0.25) is 4.79 Å². The molecule has 0 atom stereocenters. The number of rotatable bonds is 7. The van der Waals surface area contributed by atoms with Gasteiger partial charge in [0, 0.05) is 13.0 Å². The highest BCUT2D eigenvalue weighted by Gasteiger charge is 2.01. The normalized spacial score (nSPS) is 10.5. The van der Waals surface area contributed by atoms with Gasteiger partial charge in [-0.1, -0.05) is 44.2 Å². The van der Waals surface area contributed by atoms with Crippen molar-refractivity contribution in [3.8, 4) is 0 Å². The minimum absolute atomic E-state index is 0.187. The Morgan fingerprint density at radius 1 is 1.18 bits per heavy atom. The van der Waals surface area contributed by atoms with Gasteiger partial charge in [-0.2, -0.15) is 0 Å². The summed E-state index contributed by atoms with van der Waals surface area (Å²) in [6, 6.07) is 10.4. The van der Waals surface area contributed by atoms with Crippen molar-refractivity contribution in [1.29, 1.82) is 0 Å². The molecule has 1 aromatic rings. The number of carbonyl (C=O) groups excluding carboxylic acids is 1. The molecule has 1 amide bonds. The number of unbranched alkanes of at least 4 members (excludes halogenated alkanes) is 1. The highest BCUT2D eigenvalue weighted by Crippen LogP contribution is 2.06. The van der Waals surface area contributed by atoms with Crippen LogP contribution in [-0.2, 0) is 11.2 Å². The van der Waals surface area contributed by atoms with E-state index < -0.39 is 0 Å². The molecule has 0 spiro atoms. The van der Waals surface area contributed by atoms with Crippen LogP contribution in [0.25, 0.3) is 0 Å². The maximum Gasteiger partial charge on any atom is 0.220 e. The molecular weight excluding hydrogens is 210 g/mol. The molecule has 2 nitrogen and oxygen atoms in total. The molecular formula is C15H23NO. The van der Waals surface area contributed by atoms with E-state index in [1.54, 1.807) is 0 Å². The predicted molar refractivity (Wildman–Crippen MR) is 71.8 cm³/mol. The van der Waals surface area contributed by atoms with Crippen molar-refractivity contribution in [1.82, 2.24) is 5.32 Å². The summed E-state index contributed by atoms with van der Waals surface area (Å²) in [7, 11) is 0. The molecule has 94 valence electrons. The lowest BCUT2D eigenvalue weighted by atomic mass is 10.1. The number of nitrogens with one attached hydrogen (secondary N) is 1. The summed E-state index contributed by atoms with van der Waals surface area (Å²) in [5, 5.41) is 2.94. The molecule has 0 heterocycles. The molecule has 1 aromatic carbocycles. The van der Waals surface area contributed by atoms with Crippen LogP contribution < -0.4 is 5.32 Å². The van der Waals surface area contributed by atoms with E-state index in [0.29, 0.717) is 12.3 Å². The molecule has 0 saturated carbocycles. The van der Waals surface area contributed by atoms with Gasteiger partial charge >= 0.3 is 0 Å². The topological polar surface area (TPSA) is 29.1 Å². The SMILES string of the molecule is CC(C)CNC(=O)CCCCc1ccccc1. The third-order valence-corrected chi connectivity index (χ3v) is 2.67. The molecule has 17 heavy (non-hydrogen) atoms. The monoisotopic (exact) mass is 233 g/mol. The summed E-state index contributed by atoms with van der Waals surface area (Å²) in [5.74, 6) is 0.718. The number of hydrogen-bond acceptors (Lipinski definition) is 1. The van der Waals surface area contributed by atoms with E-state index in [1.807, 2.05) is 6.07 Å². The van der Waals surface area contributed by atoms with E-state index in [1.165, 1.54) is 5.56 Å². The Balaban J connectivity index is 2.06. The first-order valence-corrected chi connectivity index (χ1v) is 6.49. The Kier molecular flexibility index (Phi) is 6.38. The number of aryl methyl sites for hydroxylation is 1. The van der Waals surface area contributed by atoms with Gasteiger partial charge in [0.05, 0.1) is 0 Å². The summed E-state index contributed by atoms with van der Waals surface area (Å²) in [4.78, 5) is 11.4. The van der Waals surface area contributed by atoms with E-state index in [0.717, 1.165) is 25.8 Å². The van der Waals surface area contributed by atoms with E-state index >= 15 is 0 Å². The van der Waals surface area contributed by atoms with Gasteiger partial charge < -0.3 is 5.32 Å². The summed E-state index contributed by atoms with van der Waals surface area (Å²) in [5.41, 5.74) is 1.36. The molecule has 0 bridgehead atoms. The van der Waals surface area contributed by atoms with Crippen LogP contribution in [0.5, 0.6) is 0 Å². The zero-order chi connectivity index (χ0) is 12.5. The summed E-state index contributed by atoms with van der Waals surface area (Å²) >= 11 is 0. The standard InChI is InChI=1S/C15H23NO/c1-13(2)12-16-15(17)11-7-6-10-14-8-4-3-5-9-14/h3-5,8-9,13H,6-7,10-12H2,1-2H3,(H,16,17). The van der Waals surface area contributed by atoms with Crippen LogP contribution >= 0.6 is 0 Å². The first-order chi connectivity index (χ1) is 8.18. The van der Waals surface area contributed by atoms with Crippen molar-refractivity contribution in [3.63, 3.8) is 0 Å². The highest BCUT2D eigenvalue weighted by atomic mass is 16.1. The first-order valence-electron chi connectivity index (χ1n) is 6.49. The average molecular weight is 233 g/mol. The lowest BCUT2D eigenvalue weighted by Gasteiger charge is -2.07. The van der Waals surface area contributed by atoms with E-state index in [2.05, 4.69) is 43.4 Å². The van der Waals surface area contributed by atoms with Gasteiger partial charge in [-0.25, -0.2) is 0 Å². The van der Waals surface area contributed by atoms with Gasteiger partial charge in [-0.05, 0) is 30.7 Å². The fraction of sp³-hybridized carbons (Fsp3) is 0.533. The number of hydrogen-bond donors (Lipinski definition) is 1. The zero-order valence-corrected chi connectivity index (χ0v) is 10.9. The molecule has 0 fully saturated rings. The van der Waals surface area contributed by atoms with Gasteiger partial charge in [0.15, 0.2) is 0 Å². The fourth-order valence-electron chi connectivity index (χ4n) is 1.67. The second-order valence-electron chi connectivity index (χ2n) is 4.89. The van der Waals surface area contributed by atoms with Crippen LogP contribution in [-0.4, -0.2) is 12.5 Å². The summed E-state index contributed by atoms with van der Waals surface area (Å²) in [6.07, 6.45) is 3.77. The highest BCUT2D eigenvalue weighted by molar-refractivity contribution is 5.75. The largest absolute Gasteiger partial charge is 0.356 e. The fourth-order valence-corrected chi connectivity index (χ4v) is 1.67. The van der Waals surface area contributed by atoms with Crippen molar-refractivity contribution < 1.29 is 4.79 Å². The number of carbonyl (C=O) groups is 1. The molecule has 0 aromatic heterocycles. The molecule has 0 saturated heterocycles. The van der Waals surface area contributed by atoms with Crippen molar-refractivity contribution in [2.45, 2.75) is 39.5 Å². The molecule has 1 N–H and O–H groups in total. The minimum atomic E-state index is 0.187. The van der Waals surface area contributed by atoms with Crippen LogP contribution in [0, 0.1) is 5.92 Å². The average Bonchev–Trinajstić information content (AvgIpc) is 2.33. The Morgan fingerprint density at radius 2 is 1.88 bits per heavy atom. The smallest absolute Gasteiger partial charge is 0.220 e. The Hall–Kier alpha value is -1.31. The summed E-state index contributed by atoms with van der Waals surface area (Å²) in [6.45, 7) is 5.00. The quantitative estimate of drug-likeness (QED) is 0.720. The second kappa shape index (κ2) is 7.88. The van der Waals surface area contributed by atoms with Crippen molar-refractivity contribution in [3.05, 3.63) is 35.9 Å². The lowest BCUT2D eigenvalue weighted by molar-refractivity contribution is -0.121. The molecule has 1 rings (SSSR count). The minimum Gasteiger partial charge on any atom is -0.356 e. The number of benzene rings is 1. The van der Waals surface area contributed by atoms with E-state index in [4.69, 9.17) is 0 Å². The van der Waals surface area contributed by atoms with Crippen molar-refractivity contribution >= 4 is 5.91 Å². The molecule has 0 radical (unpaired) electrons. The molecule has 0 aliphatic rings. The third-order valence-electron chi connectivity index (χ3n) is 2.67. The summed E-state index contributed by atoms with van der Waals surface area (Å²) < 4.78 is 0. The van der Waals surface area contributed by atoms with Crippen LogP contribution in [0.1, 0.15) is 38.7 Å². The number of amides is 1. The second-order valence-corrected chi connectivity index (χ2v) is 4.89. The van der Waals surface area contributed by atoms with Crippen LogP contribution in [0.3, 0.4) is 0 Å². The lowest BCUT2D eigenvalue weighted by Crippen LogP contribution is -2.26. The van der Waals surface area contributed by atoms with Gasteiger partial charge in [0.2, 0.25) is 5.91 Å². The van der Waals surface area contributed by atoms with Crippen LogP contribution in [0.2, 0.25) is 0 Å². The molecule has 0 aliphatic heterocycles.